The van der Waals surface area contributed by atoms with Crippen molar-refractivity contribution in [1.29, 1.82) is 0 Å². The lowest BCUT2D eigenvalue weighted by atomic mass is 9.95. The van der Waals surface area contributed by atoms with Crippen LogP contribution in [-0.2, 0) is 0 Å². The average Bonchev–Trinajstić information content (AvgIpc) is 2.91. The molecule has 7 nitrogen and oxygen atoms in total. The Morgan fingerprint density at radius 2 is 1.77 bits per heavy atom. The number of amides is 1. The van der Waals surface area contributed by atoms with Gasteiger partial charge in [0.25, 0.3) is 0 Å². The first kappa shape index (κ1) is 18.2. The van der Waals surface area contributed by atoms with E-state index in [9.17, 15) is 18.8 Å². The maximum absolute atomic E-state index is 13.2. The molecule has 0 radical (unpaired) electrons. The molecule has 0 saturated heterocycles. The third-order valence-electron chi connectivity index (χ3n) is 4.69. The summed E-state index contributed by atoms with van der Waals surface area (Å²) in [7, 11) is 0. The smallest absolute Gasteiger partial charge is 0.307 e. The van der Waals surface area contributed by atoms with Gasteiger partial charge in [-0.05, 0) is 51.0 Å². The Bertz CT molecular complexity index is 888. The fourth-order valence-electron chi connectivity index (χ4n) is 3.43. The maximum atomic E-state index is 13.2. The van der Waals surface area contributed by atoms with Crippen LogP contribution in [0.25, 0.3) is 0 Å². The van der Waals surface area contributed by atoms with E-state index in [1.54, 1.807) is 13.8 Å². The van der Waals surface area contributed by atoms with E-state index in [-0.39, 0.29) is 12.1 Å². The summed E-state index contributed by atoms with van der Waals surface area (Å²) in [5.74, 6) is -1.25. The molecule has 0 spiro atoms. The highest BCUT2D eigenvalue weighted by Gasteiger charge is 2.29. The van der Waals surface area contributed by atoms with Gasteiger partial charge in [-0.25, -0.2) is 23.3 Å². The van der Waals surface area contributed by atoms with E-state index in [1.807, 2.05) is 0 Å². The predicted octanol–water partition coefficient (Wildman–Crippen LogP) is 3.13. The van der Waals surface area contributed by atoms with Crippen molar-refractivity contribution in [3.63, 3.8) is 0 Å². The Morgan fingerprint density at radius 1 is 1.15 bits per heavy atom. The molecule has 26 heavy (non-hydrogen) atoms. The van der Waals surface area contributed by atoms with Crippen LogP contribution in [0.4, 0.5) is 14.9 Å². The number of nitrogens with zero attached hydrogens (tertiary/aromatic N) is 3. The van der Waals surface area contributed by atoms with Gasteiger partial charge in [0.15, 0.2) is 0 Å². The van der Waals surface area contributed by atoms with Gasteiger partial charge in [-0.15, -0.1) is 0 Å². The van der Waals surface area contributed by atoms with Crippen molar-refractivity contribution < 1.29 is 13.7 Å². The molecule has 140 valence electrons. The Balaban J connectivity index is 1.99. The molecule has 0 bridgehead atoms. The van der Waals surface area contributed by atoms with Crippen LogP contribution in [0.5, 0.6) is 0 Å². The van der Waals surface area contributed by atoms with Gasteiger partial charge in [-0.3, -0.25) is 4.90 Å². The van der Waals surface area contributed by atoms with E-state index < -0.39 is 23.3 Å². The quantitative estimate of drug-likeness (QED) is 0.839. The highest BCUT2D eigenvalue weighted by Crippen LogP contribution is 2.26. The summed E-state index contributed by atoms with van der Waals surface area (Å²) in [4.78, 5) is 39.0. The SMILES string of the molecule is CC(C)N(C(=O)n1oc(=O)n(C2CCCCC2)c1=O)c1ccc(F)cc1. The molecule has 2 aromatic rings. The molecule has 1 fully saturated rings. The van der Waals surface area contributed by atoms with Crippen molar-refractivity contribution in [3.8, 4) is 0 Å². The van der Waals surface area contributed by atoms with Crippen LogP contribution in [-0.4, -0.2) is 21.4 Å². The topological polar surface area (TPSA) is 77.5 Å². The number of benzene rings is 1. The van der Waals surface area contributed by atoms with Crippen molar-refractivity contribution >= 4 is 11.7 Å². The molecule has 0 aliphatic heterocycles. The van der Waals surface area contributed by atoms with E-state index in [1.165, 1.54) is 29.2 Å². The van der Waals surface area contributed by atoms with Crippen LogP contribution in [0, 0.1) is 5.82 Å². The molecule has 8 heteroatoms. The summed E-state index contributed by atoms with van der Waals surface area (Å²) in [6.07, 6.45) is 4.37. The van der Waals surface area contributed by atoms with Crippen LogP contribution < -0.4 is 16.3 Å². The number of carbonyl (C=O) groups excluding carboxylic acids is 1. The van der Waals surface area contributed by atoms with E-state index in [2.05, 4.69) is 0 Å². The minimum atomic E-state index is -0.821. The second-order valence-electron chi connectivity index (χ2n) is 6.82. The molecule has 0 N–H and O–H groups in total. The molecule has 1 aliphatic rings. The zero-order valence-electron chi connectivity index (χ0n) is 14.9. The zero-order chi connectivity index (χ0) is 18.8. The van der Waals surface area contributed by atoms with Gasteiger partial charge in [-0.1, -0.05) is 24.0 Å². The Hall–Kier alpha value is -2.64. The van der Waals surface area contributed by atoms with E-state index in [0.717, 1.165) is 23.8 Å². The molecule has 0 atom stereocenters. The predicted molar refractivity (Wildman–Crippen MR) is 94.2 cm³/mol. The number of hydrogen-bond acceptors (Lipinski definition) is 4. The molecule has 1 saturated carbocycles. The molecule has 1 aromatic heterocycles. The second-order valence-corrected chi connectivity index (χ2v) is 6.82. The monoisotopic (exact) mass is 363 g/mol. The van der Waals surface area contributed by atoms with E-state index in [4.69, 9.17) is 4.52 Å². The van der Waals surface area contributed by atoms with Gasteiger partial charge < -0.3 is 4.52 Å². The molecule has 1 aliphatic carbocycles. The summed E-state index contributed by atoms with van der Waals surface area (Å²) < 4.78 is 19.7. The summed E-state index contributed by atoms with van der Waals surface area (Å²) in [6, 6.07) is 3.99. The summed E-state index contributed by atoms with van der Waals surface area (Å²) in [6.45, 7) is 3.51. The third-order valence-corrected chi connectivity index (χ3v) is 4.69. The highest BCUT2D eigenvalue weighted by atomic mass is 19.1. The molecule has 3 rings (SSSR count). The molecular formula is C18H22FN3O4. The summed E-state index contributed by atoms with van der Waals surface area (Å²) in [5.41, 5.74) is -0.356. The maximum Gasteiger partial charge on any atom is 0.443 e. The fourth-order valence-corrected chi connectivity index (χ4v) is 3.43. The van der Waals surface area contributed by atoms with Crippen molar-refractivity contribution in [1.82, 2.24) is 9.31 Å². The number of aromatic nitrogens is 2. The molecule has 1 amide bonds. The van der Waals surface area contributed by atoms with Crippen molar-refractivity contribution in [2.75, 3.05) is 4.90 Å². The van der Waals surface area contributed by atoms with Gasteiger partial charge in [0.05, 0.1) is 0 Å². The highest BCUT2D eigenvalue weighted by molar-refractivity contribution is 5.93. The van der Waals surface area contributed by atoms with Gasteiger partial charge in [-0.2, -0.15) is 0 Å². The zero-order valence-corrected chi connectivity index (χ0v) is 14.9. The largest absolute Gasteiger partial charge is 0.443 e. The van der Waals surface area contributed by atoms with Crippen LogP contribution in [0.3, 0.4) is 0 Å². The second kappa shape index (κ2) is 7.31. The molecule has 0 unspecified atom stereocenters. The minimum Gasteiger partial charge on any atom is -0.307 e. The normalized spacial score (nSPS) is 15.4. The first-order valence-corrected chi connectivity index (χ1v) is 8.84. The van der Waals surface area contributed by atoms with Crippen molar-refractivity contribution in [2.45, 2.75) is 58.0 Å². The van der Waals surface area contributed by atoms with Gasteiger partial charge >= 0.3 is 17.5 Å². The Kier molecular flexibility index (Phi) is 5.11. The number of hydrogen-bond donors (Lipinski definition) is 0. The summed E-state index contributed by atoms with van der Waals surface area (Å²) in [5, 5.41) is 0. The first-order chi connectivity index (χ1) is 12.4. The van der Waals surface area contributed by atoms with Crippen molar-refractivity contribution in [3.05, 3.63) is 51.1 Å². The van der Waals surface area contributed by atoms with Gasteiger partial charge in [0.2, 0.25) is 0 Å². The van der Waals surface area contributed by atoms with E-state index in [0.29, 0.717) is 23.3 Å². The number of rotatable bonds is 3. The first-order valence-electron chi connectivity index (χ1n) is 8.84. The van der Waals surface area contributed by atoms with Gasteiger partial charge in [0, 0.05) is 17.8 Å². The van der Waals surface area contributed by atoms with Crippen LogP contribution >= 0.6 is 0 Å². The van der Waals surface area contributed by atoms with Crippen LogP contribution in [0.2, 0.25) is 0 Å². The summed E-state index contributed by atoms with van der Waals surface area (Å²) >= 11 is 0. The van der Waals surface area contributed by atoms with Crippen molar-refractivity contribution in [2.24, 2.45) is 0 Å². The third kappa shape index (κ3) is 3.36. The van der Waals surface area contributed by atoms with Crippen LogP contribution in [0.15, 0.2) is 38.4 Å². The molecule has 1 heterocycles. The molecular weight excluding hydrogens is 341 g/mol. The number of halogens is 1. The van der Waals surface area contributed by atoms with Crippen LogP contribution in [0.1, 0.15) is 52.0 Å². The Labute approximate surface area is 149 Å². The molecule has 1 aromatic carbocycles. The lowest BCUT2D eigenvalue weighted by molar-refractivity contribution is 0.208. The fraction of sp³-hybridized carbons (Fsp3) is 0.500. The Morgan fingerprint density at radius 3 is 2.35 bits per heavy atom. The lowest BCUT2D eigenvalue weighted by Crippen LogP contribution is -2.44. The number of carbonyl (C=O) groups is 1. The average molecular weight is 363 g/mol. The minimum absolute atomic E-state index is 0.236. The van der Waals surface area contributed by atoms with Gasteiger partial charge in [0.1, 0.15) is 5.82 Å². The van der Waals surface area contributed by atoms with E-state index >= 15 is 0 Å². The number of anilines is 1. The lowest BCUT2D eigenvalue weighted by Gasteiger charge is -2.25. The standard InChI is InChI=1S/C18H22FN3O4/c1-12(2)20(15-10-8-13(19)9-11-15)16(23)22-17(24)21(18(25)26-22)14-6-4-3-5-7-14/h8-12,14H,3-7H2,1-2H3.